The lowest BCUT2D eigenvalue weighted by atomic mass is 10.1. The summed E-state index contributed by atoms with van der Waals surface area (Å²) in [5, 5.41) is 5.11. The van der Waals surface area contributed by atoms with E-state index in [-0.39, 0.29) is 6.03 Å². The number of carbonyl (C=O) groups is 1. The number of amides is 2. The molecule has 5 nitrogen and oxygen atoms in total. The second kappa shape index (κ2) is 5.67. The van der Waals surface area contributed by atoms with Crippen LogP contribution in [0.15, 0.2) is 29.2 Å². The normalized spacial score (nSPS) is 10.9. The molecule has 0 radical (unpaired) electrons. The minimum Gasteiger partial charge on any atom is -0.341 e. The Bertz CT molecular complexity index is 480. The van der Waals surface area contributed by atoms with Crippen LogP contribution in [0.3, 0.4) is 0 Å². The highest BCUT2D eigenvalue weighted by Crippen LogP contribution is 2.10. The predicted octanol–water partition coefficient (Wildman–Crippen LogP) is 0.562. The molecule has 0 atom stereocenters. The maximum Gasteiger partial charge on any atom is 0.314 e. The van der Waals surface area contributed by atoms with E-state index in [4.69, 9.17) is 0 Å². The van der Waals surface area contributed by atoms with Crippen LogP contribution in [0.25, 0.3) is 0 Å². The molecule has 0 aliphatic carbocycles. The smallest absolute Gasteiger partial charge is 0.314 e. The molecule has 2 amide bonds. The maximum absolute atomic E-state index is 11.2. The lowest BCUT2D eigenvalue weighted by molar-refractivity contribution is 0.243. The fraction of sp³-hybridized carbons (Fsp3) is 0.364. The Labute approximate surface area is 101 Å². The molecule has 0 spiro atoms. The summed E-state index contributed by atoms with van der Waals surface area (Å²) in [5.74, 6) is 0. The molecule has 0 aliphatic heterocycles. The molecule has 17 heavy (non-hydrogen) atoms. The quantitative estimate of drug-likeness (QED) is 0.826. The number of sulfone groups is 1. The molecular formula is C11H16N2O3S. The van der Waals surface area contributed by atoms with Gasteiger partial charge in [-0.05, 0) is 24.1 Å². The minimum atomic E-state index is -3.14. The first-order valence-electron chi connectivity index (χ1n) is 5.18. The number of urea groups is 1. The number of hydrogen-bond donors (Lipinski definition) is 2. The molecular weight excluding hydrogens is 240 g/mol. The van der Waals surface area contributed by atoms with Crippen LogP contribution in [0.1, 0.15) is 5.56 Å². The Morgan fingerprint density at radius 1 is 1.24 bits per heavy atom. The van der Waals surface area contributed by atoms with E-state index in [2.05, 4.69) is 10.6 Å². The molecule has 0 heterocycles. The molecule has 1 aromatic carbocycles. The van der Waals surface area contributed by atoms with Crippen molar-refractivity contribution in [3.8, 4) is 0 Å². The largest absolute Gasteiger partial charge is 0.341 e. The van der Waals surface area contributed by atoms with E-state index in [1.54, 1.807) is 31.3 Å². The predicted molar refractivity (Wildman–Crippen MR) is 65.7 cm³/mol. The number of nitrogens with one attached hydrogen (secondary N) is 2. The van der Waals surface area contributed by atoms with Gasteiger partial charge in [0.15, 0.2) is 9.84 Å². The Kier molecular flexibility index (Phi) is 4.51. The van der Waals surface area contributed by atoms with Gasteiger partial charge in [-0.3, -0.25) is 0 Å². The molecule has 1 rings (SSSR count). The van der Waals surface area contributed by atoms with Crippen molar-refractivity contribution in [1.82, 2.24) is 10.6 Å². The van der Waals surface area contributed by atoms with Crippen molar-refractivity contribution >= 4 is 15.9 Å². The molecule has 0 aliphatic rings. The molecule has 0 fully saturated rings. The monoisotopic (exact) mass is 256 g/mol. The summed E-state index contributed by atoms with van der Waals surface area (Å²) in [6, 6.07) is 6.43. The molecule has 0 unspecified atom stereocenters. The van der Waals surface area contributed by atoms with E-state index >= 15 is 0 Å². The van der Waals surface area contributed by atoms with Gasteiger partial charge >= 0.3 is 6.03 Å². The fourth-order valence-corrected chi connectivity index (χ4v) is 1.94. The Hall–Kier alpha value is -1.56. The van der Waals surface area contributed by atoms with Crippen LogP contribution < -0.4 is 10.6 Å². The van der Waals surface area contributed by atoms with Crippen LogP contribution in [0.2, 0.25) is 0 Å². The summed E-state index contributed by atoms with van der Waals surface area (Å²) in [6.07, 6.45) is 1.84. The standard InChI is InChI=1S/C11H16N2O3S/c1-12-11(14)13-8-7-9-3-5-10(6-4-9)17(2,15)16/h3-6H,7-8H2,1-2H3,(H2,12,13,14). The van der Waals surface area contributed by atoms with Crippen molar-refractivity contribution in [3.05, 3.63) is 29.8 Å². The number of carbonyl (C=O) groups excluding carboxylic acids is 1. The van der Waals surface area contributed by atoms with Gasteiger partial charge < -0.3 is 10.6 Å². The molecule has 0 bridgehead atoms. The van der Waals surface area contributed by atoms with Gasteiger partial charge in [-0.2, -0.15) is 0 Å². The first kappa shape index (κ1) is 13.5. The van der Waals surface area contributed by atoms with E-state index in [9.17, 15) is 13.2 Å². The molecule has 0 aromatic heterocycles. The van der Waals surface area contributed by atoms with Gasteiger partial charge in [-0.1, -0.05) is 12.1 Å². The van der Waals surface area contributed by atoms with E-state index in [0.717, 1.165) is 5.56 Å². The molecule has 6 heteroatoms. The van der Waals surface area contributed by atoms with Crippen LogP contribution in [0.5, 0.6) is 0 Å². The van der Waals surface area contributed by atoms with Crippen LogP contribution in [-0.4, -0.2) is 34.3 Å². The minimum absolute atomic E-state index is 0.224. The van der Waals surface area contributed by atoms with Crippen molar-refractivity contribution in [2.75, 3.05) is 19.8 Å². The zero-order valence-electron chi connectivity index (χ0n) is 9.86. The Morgan fingerprint density at radius 2 is 1.82 bits per heavy atom. The average molecular weight is 256 g/mol. The average Bonchev–Trinajstić information content (AvgIpc) is 2.28. The van der Waals surface area contributed by atoms with Gasteiger partial charge in [0.1, 0.15) is 0 Å². The maximum atomic E-state index is 11.2. The third-order valence-electron chi connectivity index (χ3n) is 2.28. The van der Waals surface area contributed by atoms with E-state index in [1.165, 1.54) is 6.26 Å². The van der Waals surface area contributed by atoms with Gasteiger partial charge in [0, 0.05) is 19.8 Å². The first-order chi connectivity index (χ1) is 7.93. The highest BCUT2D eigenvalue weighted by Gasteiger charge is 2.05. The topological polar surface area (TPSA) is 75.3 Å². The molecule has 94 valence electrons. The zero-order valence-corrected chi connectivity index (χ0v) is 10.7. The highest BCUT2D eigenvalue weighted by molar-refractivity contribution is 7.90. The summed E-state index contributed by atoms with van der Waals surface area (Å²) >= 11 is 0. The van der Waals surface area contributed by atoms with E-state index in [1.807, 2.05) is 0 Å². The lowest BCUT2D eigenvalue weighted by Crippen LogP contribution is -2.33. The van der Waals surface area contributed by atoms with Crippen molar-refractivity contribution < 1.29 is 13.2 Å². The van der Waals surface area contributed by atoms with Crippen LogP contribution >= 0.6 is 0 Å². The van der Waals surface area contributed by atoms with Crippen molar-refractivity contribution in [2.45, 2.75) is 11.3 Å². The van der Waals surface area contributed by atoms with Crippen LogP contribution in [-0.2, 0) is 16.3 Å². The second-order valence-electron chi connectivity index (χ2n) is 3.67. The number of benzene rings is 1. The van der Waals surface area contributed by atoms with Gasteiger partial charge in [-0.25, -0.2) is 13.2 Å². The second-order valence-corrected chi connectivity index (χ2v) is 5.69. The van der Waals surface area contributed by atoms with Crippen molar-refractivity contribution in [1.29, 1.82) is 0 Å². The fourth-order valence-electron chi connectivity index (χ4n) is 1.31. The molecule has 1 aromatic rings. The van der Waals surface area contributed by atoms with Gasteiger partial charge in [0.2, 0.25) is 0 Å². The SMILES string of the molecule is CNC(=O)NCCc1ccc(S(C)(=O)=O)cc1. The lowest BCUT2D eigenvalue weighted by Gasteiger charge is -2.05. The Balaban J connectivity index is 2.55. The third-order valence-corrected chi connectivity index (χ3v) is 3.41. The summed E-state index contributed by atoms with van der Waals surface area (Å²) in [6.45, 7) is 0.512. The Morgan fingerprint density at radius 3 is 2.29 bits per heavy atom. The van der Waals surface area contributed by atoms with Gasteiger partial charge in [0.25, 0.3) is 0 Å². The third kappa shape index (κ3) is 4.44. The molecule has 0 saturated heterocycles. The van der Waals surface area contributed by atoms with E-state index < -0.39 is 9.84 Å². The summed E-state index contributed by atoms with van der Waals surface area (Å²) in [7, 11) is -1.59. The number of hydrogen-bond acceptors (Lipinski definition) is 3. The first-order valence-corrected chi connectivity index (χ1v) is 7.07. The van der Waals surface area contributed by atoms with Crippen molar-refractivity contribution in [3.63, 3.8) is 0 Å². The number of rotatable bonds is 4. The van der Waals surface area contributed by atoms with Crippen LogP contribution in [0, 0.1) is 0 Å². The summed E-state index contributed by atoms with van der Waals surface area (Å²) in [4.78, 5) is 11.2. The highest BCUT2D eigenvalue weighted by atomic mass is 32.2. The van der Waals surface area contributed by atoms with E-state index in [0.29, 0.717) is 17.9 Å². The molecule has 2 N–H and O–H groups in total. The summed E-state index contributed by atoms with van der Waals surface area (Å²) in [5.41, 5.74) is 0.980. The van der Waals surface area contributed by atoms with Gasteiger partial charge in [0.05, 0.1) is 4.90 Å². The summed E-state index contributed by atoms with van der Waals surface area (Å²) < 4.78 is 22.4. The van der Waals surface area contributed by atoms with Crippen LogP contribution in [0.4, 0.5) is 4.79 Å². The zero-order chi connectivity index (χ0) is 12.9. The van der Waals surface area contributed by atoms with Gasteiger partial charge in [-0.15, -0.1) is 0 Å². The molecule has 0 saturated carbocycles. The van der Waals surface area contributed by atoms with Crippen molar-refractivity contribution in [2.24, 2.45) is 0 Å².